The van der Waals surface area contributed by atoms with Gasteiger partial charge in [0.05, 0.1) is 6.04 Å². The summed E-state index contributed by atoms with van der Waals surface area (Å²) in [6.07, 6.45) is -0.457. The van der Waals surface area contributed by atoms with E-state index in [0.717, 1.165) is 11.1 Å². The first-order valence-electron chi connectivity index (χ1n) is 6.38. The van der Waals surface area contributed by atoms with Crippen LogP contribution in [0.25, 0.3) is 0 Å². The topological polar surface area (TPSA) is 38.3 Å². The molecule has 2 aromatic carbocycles. The first-order chi connectivity index (χ1) is 9.66. The van der Waals surface area contributed by atoms with Crippen LogP contribution in [0.15, 0.2) is 54.6 Å². The van der Waals surface area contributed by atoms with Crippen LogP contribution in [0.1, 0.15) is 24.1 Å². The van der Waals surface area contributed by atoms with E-state index in [4.69, 9.17) is 16.3 Å². The Hall–Kier alpha value is -2.00. The fraction of sp³-hybridized carbons (Fsp3) is 0.188. The number of rotatable bonds is 4. The molecule has 0 radical (unpaired) electrons. The number of hydrogen-bond donors (Lipinski definition) is 1. The maximum atomic E-state index is 11.7. The van der Waals surface area contributed by atoms with Gasteiger partial charge in [-0.2, -0.15) is 0 Å². The summed E-state index contributed by atoms with van der Waals surface area (Å²) in [7, 11) is 0. The molecule has 4 heteroatoms. The minimum atomic E-state index is -0.457. The largest absolute Gasteiger partial charge is 0.445 e. The minimum absolute atomic E-state index is 0.202. The first kappa shape index (κ1) is 14.4. The highest BCUT2D eigenvalue weighted by molar-refractivity contribution is 6.31. The van der Waals surface area contributed by atoms with E-state index in [0.29, 0.717) is 5.02 Å². The quantitative estimate of drug-likeness (QED) is 0.910. The van der Waals surface area contributed by atoms with Gasteiger partial charge >= 0.3 is 6.09 Å². The van der Waals surface area contributed by atoms with Gasteiger partial charge in [-0.3, -0.25) is 0 Å². The van der Waals surface area contributed by atoms with Crippen LogP contribution in [0.2, 0.25) is 5.02 Å². The van der Waals surface area contributed by atoms with Crippen LogP contribution in [-0.2, 0) is 11.3 Å². The molecule has 3 nitrogen and oxygen atoms in total. The second-order valence-electron chi connectivity index (χ2n) is 4.45. The zero-order valence-electron chi connectivity index (χ0n) is 11.2. The molecule has 0 bridgehead atoms. The number of benzene rings is 2. The Balaban J connectivity index is 1.87. The van der Waals surface area contributed by atoms with Crippen LogP contribution in [-0.4, -0.2) is 6.09 Å². The van der Waals surface area contributed by atoms with Gasteiger partial charge in [0.2, 0.25) is 0 Å². The molecule has 104 valence electrons. The standard InChI is InChI=1S/C16H16ClNO2/c1-12(14-9-5-6-10-15(14)17)18-16(19)20-11-13-7-3-2-4-8-13/h2-10,12H,11H2,1H3,(H,18,19)/t12-/m1/s1. The fourth-order valence-electron chi connectivity index (χ4n) is 1.85. The number of carbonyl (C=O) groups excluding carboxylic acids is 1. The lowest BCUT2D eigenvalue weighted by molar-refractivity contribution is 0.136. The van der Waals surface area contributed by atoms with Crippen molar-refractivity contribution in [2.24, 2.45) is 0 Å². The summed E-state index contributed by atoms with van der Waals surface area (Å²) in [5.74, 6) is 0. The van der Waals surface area contributed by atoms with E-state index < -0.39 is 6.09 Å². The van der Waals surface area contributed by atoms with Crippen molar-refractivity contribution in [3.63, 3.8) is 0 Å². The monoisotopic (exact) mass is 289 g/mol. The normalized spacial score (nSPS) is 11.7. The number of halogens is 1. The fourth-order valence-corrected chi connectivity index (χ4v) is 2.14. The van der Waals surface area contributed by atoms with Crippen LogP contribution < -0.4 is 5.32 Å². The Bertz CT molecular complexity index is 572. The lowest BCUT2D eigenvalue weighted by Gasteiger charge is -2.15. The summed E-state index contributed by atoms with van der Waals surface area (Å²) in [6, 6.07) is 16.8. The molecule has 1 amide bonds. The van der Waals surface area contributed by atoms with Crippen molar-refractivity contribution in [2.45, 2.75) is 19.6 Å². The smallest absolute Gasteiger partial charge is 0.407 e. The maximum Gasteiger partial charge on any atom is 0.407 e. The zero-order valence-corrected chi connectivity index (χ0v) is 11.9. The van der Waals surface area contributed by atoms with Crippen LogP contribution >= 0.6 is 11.6 Å². The molecule has 2 rings (SSSR count). The average molecular weight is 290 g/mol. The van der Waals surface area contributed by atoms with Gasteiger partial charge < -0.3 is 10.1 Å². The summed E-state index contributed by atoms with van der Waals surface area (Å²) in [5.41, 5.74) is 1.82. The molecule has 0 heterocycles. The molecular formula is C16H16ClNO2. The van der Waals surface area contributed by atoms with Crippen LogP contribution in [0, 0.1) is 0 Å². The van der Waals surface area contributed by atoms with Gasteiger partial charge in [-0.1, -0.05) is 60.1 Å². The molecule has 1 atom stereocenters. The molecule has 0 saturated carbocycles. The molecule has 0 aromatic heterocycles. The summed E-state index contributed by atoms with van der Waals surface area (Å²) < 4.78 is 5.17. The van der Waals surface area contributed by atoms with Crippen LogP contribution in [0.3, 0.4) is 0 Å². The van der Waals surface area contributed by atoms with Gasteiger partial charge in [-0.25, -0.2) is 4.79 Å². The molecule has 0 aliphatic rings. The molecule has 0 spiro atoms. The molecule has 20 heavy (non-hydrogen) atoms. The highest BCUT2D eigenvalue weighted by atomic mass is 35.5. The van der Waals surface area contributed by atoms with E-state index in [-0.39, 0.29) is 12.6 Å². The predicted octanol–water partition coefficient (Wildman–Crippen LogP) is 4.33. The van der Waals surface area contributed by atoms with Crippen molar-refractivity contribution in [1.29, 1.82) is 0 Å². The molecule has 0 saturated heterocycles. The number of ether oxygens (including phenoxy) is 1. The van der Waals surface area contributed by atoms with E-state index in [9.17, 15) is 4.79 Å². The van der Waals surface area contributed by atoms with Gasteiger partial charge in [0.15, 0.2) is 0 Å². The third-order valence-corrected chi connectivity index (χ3v) is 3.26. The second kappa shape index (κ2) is 6.96. The number of nitrogens with one attached hydrogen (secondary N) is 1. The van der Waals surface area contributed by atoms with Gasteiger partial charge in [0.1, 0.15) is 6.61 Å². The Morgan fingerprint density at radius 3 is 2.50 bits per heavy atom. The predicted molar refractivity (Wildman–Crippen MR) is 79.6 cm³/mol. The van der Waals surface area contributed by atoms with Crippen molar-refractivity contribution < 1.29 is 9.53 Å². The molecule has 1 N–H and O–H groups in total. The highest BCUT2D eigenvalue weighted by Crippen LogP contribution is 2.22. The summed E-state index contributed by atoms with van der Waals surface area (Å²) in [5, 5.41) is 3.39. The van der Waals surface area contributed by atoms with E-state index in [1.54, 1.807) is 6.07 Å². The molecule has 0 unspecified atom stereocenters. The molecule has 0 fully saturated rings. The van der Waals surface area contributed by atoms with E-state index >= 15 is 0 Å². The Labute approximate surface area is 123 Å². The van der Waals surface area contributed by atoms with Crippen molar-refractivity contribution in [3.8, 4) is 0 Å². The lowest BCUT2D eigenvalue weighted by Crippen LogP contribution is -2.27. The summed E-state index contributed by atoms with van der Waals surface area (Å²) >= 11 is 6.08. The third kappa shape index (κ3) is 4.00. The highest BCUT2D eigenvalue weighted by Gasteiger charge is 2.12. The van der Waals surface area contributed by atoms with E-state index in [1.807, 2.05) is 55.5 Å². The number of alkyl carbamates (subject to hydrolysis) is 1. The van der Waals surface area contributed by atoms with Crippen molar-refractivity contribution in [2.75, 3.05) is 0 Å². The third-order valence-electron chi connectivity index (χ3n) is 2.92. The first-order valence-corrected chi connectivity index (χ1v) is 6.76. The Morgan fingerprint density at radius 2 is 1.80 bits per heavy atom. The molecule has 0 aliphatic heterocycles. The second-order valence-corrected chi connectivity index (χ2v) is 4.86. The molecular weight excluding hydrogens is 274 g/mol. The summed E-state index contributed by atoms with van der Waals surface area (Å²) in [6.45, 7) is 2.12. The average Bonchev–Trinajstić information content (AvgIpc) is 2.46. The maximum absolute atomic E-state index is 11.7. The van der Waals surface area contributed by atoms with E-state index in [2.05, 4.69) is 5.32 Å². The van der Waals surface area contributed by atoms with Gasteiger partial charge in [-0.15, -0.1) is 0 Å². The number of hydrogen-bond acceptors (Lipinski definition) is 2. The van der Waals surface area contributed by atoms with Crippen LogP contribution in [0.5, 0.6) is 0 Å². The van der Waals surface area contributed by atoms with Crippen LogP contribution in [0.4, 0.5) is 4.79 Å². The SMILES string of the molecule is C[C@@H](NC(=O)OCc1ccccc1)c1ccccc1Cl. The van der Waals surface area contributed by atoms with Gasteiger partial charge in [-0.05, 0) is 24.1 Å². The Morgan fingerprint density at radius 1 is 1.15 bits per heavy atom. The Kier molecular flexibility index (Phi) is 5.02. The number of amides is 1. The van der Waals surface area contributed by atoms with Gasteiger partial charge in [0.25, 0.3) is 0 Å². The minimum Gasteiger partial charge on any atom is -0.445 e. The van der Waals surface area contributed by atoms with Crippen molar-refractivity contribution in [3.05, 3.63) is 70.7 Å². The number of carbonyl (C=O) groups is 1. The lowest BCUT2D eigenvalue weighted by atomic mass is 10.1. The van der Waals surface area contributed by atoms with E-state index in [1.165, 1.54) is 0 Å². The summed E-state index contributed by atoms with van der Waals surface area (Å²) in [4.78, 5) is 11.7. The molecule has 2 aromatic rings. The van der Waals surface area contributed by atoms with Crippen molar-refractivity contribution >= 4 is 17.7 Å². The molecule has 0 aliphatic carbocycles. The zero-order chi connectivity index (χ0) is 14.4. The van der Waals surface area contributed by atoms with Crippen molar-refractivity contribution in [1.82, 2.24) is 5.32 Å². The van der Waals surface area contributed by atoms with Gasteiger partial charge in [0, 0.05) is 5.02 Å².